The van der Waals surface area contributed by atoms with Crippen LogP contribution in [-0.2, 0) is 5.91 Å². The molecule has 7 rings (SSSR count). The number of hydrogen-bond acceptors (Lipinski definition) is 14. The van der Waals surface area contributed by atoms with E-state index in [1.807, 2.05) is 0 Å². The van der Waals surface area contributed by atoms with Crippen LogP contribution in [-0.4, -0.2) is 85.1 Å². The molecule has 16 heteroatoms. The first kappa shape index (κ1) is 33.6. The van der Waals surface area contributed by atoms with E-state index in [1.165, 1.54) is 29.3 Å². The Balaban J connectivity index is 1.19. The minimum Gasteiger partial charge on any atom is -0.383 e. The third kappa shape index (κ3) is 6.44. The number of nitriles is 1. The number of hydrogen-bond donors (Lipinski definition) is 6. The average molecular weight is 691 g/mol. The Hall–Kier alpha value is -5.93. The highest BCUT2D eigenvalue weighted by atomic mass is 19.1. The number of benzene rings is 2. The summed E-state index contributed by atoms with van der Waals surface area (Å²) in [4.78, 5) is 23.9. The standard InChI is InChI=1S/C35H31FN10O5/c36-23-7-3-21(4-8-23)27-11-12-28-33(41-27)45(32(42-28)26-2-1-16-40-31(26)38)24-9-5-22(6-10-24)34(47,48)44-18-14-25(15-19-44)46(35(49,50)51)30-13-17-39-29(20-37)43-30/h1-13,16-17,25,47-51H,14-15,18-19H2,(H2,38,40). The Kier molecular flexibility index (Phi) is 8.60. The van der Waals surface area contributed by atoms with Crippen LogP contribution in [0.25, 0.3) is 39.5 Å². The van der Waals surface area contributed by atoms with Crippen molar-refractivity contribution >= 4 is 22.8 Å². The number of fused-ring (bicyclic) bond motifs is 1. The highest BCUT2D eigenvalue weighted by Crippen LogP contribution is 2.35. The minimum atomic E-state index is -3.30. The Morgan fingerprint density at radius 3 is 2.24 bits per heavy atom. The van der Waals surface area contributed by atoms with Crippen LogP contribution in [0.3, 0.4) is 0 Å². The van der Waals surface area contributed by atoms with E-state index >= 15 is 0 Å². The quantitative estimate of drug-likeness (QED) is 0.126. The summed E-state index contributed by atoms with van der Waals surface area (Å²) in [6.45, 7) is 0.156. The number of halogens is 1. The molecular weight excluding hydrogens is 659 g/mol. The zero-order valence-electron chi connectivity index (χ0n) is 26.8. The summed E-state index contributed by atoms with van der Waals surface area (Å²) >= 11 is 0. The normalized spacial score (nSPS) is 14.5. The topological polar surface area (TPSA) is 227 Å². The lowest BCUT2D eigenvalue weighted by Gasteiger charge is -2.45. The van der Waals surface area contributed by atoms with Gasteiger partial charge in [0, 0.05) is 48.3 Å². The van der Waals surface area contributed by atoms with Gasteiger partial charge in [-0.3, -0.25) is 9.47 Å². The fourth-order valence-electron chi connectivity index (χ4n) is 6.35. The van der Waals surface area contributed by atoms with Crippen molar-refractivity contribution in [3.63, 3.8) is 0 Å². The minimum absolute atomic E-state index is 0.0782. The zero-order chi connectivity index (χ0) is 35.9. The molecule has 1 saturated heterocycles. The van der Waals surface area contributed by atoms with Gasteiger partial charge in [0.2, 0.25) is 5.82 Å². The predicted octanol–water partition coefficient (Wildman–Crippen LogP) is 2.19. The Morgan fingerprint density at radius 1 is 0.843 bits per heavy atom. The number of imidazole rings is 1. The van der Waals surface area contributed by atoms with Gasteiger partial charge in [-0.1, -0.05) is 12.1 Å². The molecule has 0 saturated carbocycles. The first-order valence-electron chi connectivity index (χ1n) is 15.8. The molecule has 4 aromatic heterocycles. The maximum atomic E-state index is 13.7. The molecule has 1 aliphatic heterocycles. The maximum absolute atomic E-state index is 13.7. The summed E-state index contributed by atoms with van der Waals surface area (Å²) in [6, 6.07) is 22.0. The van der Waals surface area contributed by atoms with Gasteiger partial charge in [-0.25, -0.2) is 34.2 Å². The molecule has 1 aliphatic rings. The van der Waals surface area contributed by atoms with E-state index < -0.39 is 18.0 Å². The highest BCUT2D eigenvalue weighted by Gasteiger charge is 2.42. The summed E-state index contributed by atoms with van der Waals surface area (Å²) in [6.07, 6.45) is -0.149. The van der Waals surface area contributed by atoms with Crippen molar-refractivity contribution in [3.05, 3.63) is 108 Å². The van der Waals surface area contributed by atoms with Gasteiger partial charge < -0.3 is 31.3 Å². The van der Waals surface area contributed by atoms with Crippen molar-refractivity contribution < 1.29 is 29.9 Å². The number of anilines is 2. The van der Waals surface area contributed by atoms with Gasteiger partial charge >= 0.3 is 6.10 Å². The molecular formula is C35H31FN10O5. The average Bonchev–Trinajstić information content (AvgIpc) is 3.50. The van der Waals surface area contributed by atoms with Crippen molar-refractivity contribution in [1.82, 2.24) is 34.4 Å². The molecule has 7 N–H and O–H groups in total. The molecule has 0 spiro atoms. The van der Waals surface area contributed by atoms with Crippen molar-refractivity contribution in [2.24, 2.45) is 0 Å². The van der Waals surface area contributed by atoms with Crippen LogP contribution in [0.4, 0.5) is 16.0 Å². The second-order valence-corrected chi connectivity index (χ2v) is 12.0. The summed E-state index contributed by atoms with van der Waals surface area (Å²) in [5.74, 6) is -2.39. The highest BCUT2D eigenvalue weighted by molar-refractivity contribution is 5.84. The van der Waals surface area contributed by atoms with Crippen LogP contribution in [0, 0.1) is 17.1 Å². The first-order valence-corrected chi connectivity index (χ1v) is 15.8. The molecule has 15 nitrogen and oxygen atoms in total. The number of aliphatic hydroxyl groups is 5. The van der Waals surface area contributed by atoms with Crippen LogP contribution < -0.4 is 10.6 Å². The first-order chi connectivity index (χ1) is 24.4. The third-order valence-corrected chi connectivity index (χ3v) is 8.82. The number of likely N-dealkylation sites (tertiary alicyclic amines) is 1. The second-order valence-electron chi connectivity index (χ2n) is 12.0. The molecule has 0 radical (unpaired) electrons. The fraction of sp³-hybridized carbons (Fsp3) is 0.200. The maximum Gasteiger partial charge on any atom is 0.371 e. The molecule has 0 atom stereocenters. The zero-order valence-corrected chi connectivity index (χ0v) is 26.8. The van der Waals surface area contributed by atoms with Gasteiger partial charge in [-0.2, -0.15) is 5.26 Å². The largest absolute Gasteiger partial charge is 0.383 e. The number of rotatable bonds is 8. The van der Waals surface area contributed by atoms with Crippen LogP contribution >= 0.6 is 0 Å². The molecule has 6 aromatic rings. The molecule has 0 amide bonds. The second kappa shape index (κ2) is 13.1. The van der Waals surface area contributed by atoms with Crippen molar-refractivity contribution in [3.8, 4) is 34.4 Å². The monoisotopic (exact) mass is 690 g/mol. The van der Waals surface area contributed by atoms with Crippen LogP contribution in [0.15, 0.2) is 91.3 Å². The van der Waals surface area contributed by atoms with E-state index in [1.54, 1.807) is 77.5 Å². The van der Waals surface area contributed by atoms with Gasteiger partial charge in [0.1, 0.15) is 29.0 Å². The van der Waals surface area contributed by atoms with Crippen LogP contribution in [0.2, 0.25) is 0 Å². The summed E-state index contributed by atoms with van der Waals surface area (Å²) in [7, 11) is 0. The molecule has 51 heavy (non-hydrogen) atoms. The Morgan fingerprint density at radius 2 is 1.57 bits per heavy atom. The van der Waals surface area contributed by atoms with Gasteiger partial charge in [0.15, 0.2) is 11.5 Å². The molecule has 258 valence electrons. The molecule has 0 aliphatic carbocycles. The lowest BCUT2D eigenvalue weighted by molar-refractivity contribution is -0.316. The number of nitrogen functional groups attached to an aromatic ring is 1. The van der Waals surface area contributed by atoms with E-state index in [0.717, 1.165) is 4.90 Å². The van der Waals surface area contributed by atoms with E-state index in [0.29, 0.717) is 39.5 Å². The van der Waals surface area contributed by atoms with Gasteiger partial charge in [0.05, 0.1) is 11.3 Å². The molecule has 1 fully saturated rings. The van der Waals surface area contributed by atoms with E-state index in [9.17, 15) is 35.2 Å². The molecule has 0 unspecified atom stereocenters. The summed E-state index contributed by atoms with van der Waals surface area (Å²) in [5, 5.41) is 62.5. The number of nitrogens with zero attached hydrogens (tertiary/aromatic N) is 9. The lowest BCUT2D eigenvalue weighted by atomic mass is 10.0. The SMILES string of the molecule is N#Cc1nccc(N(C2CCN(C(O)(O)c3ccc(-n4c(-c5cccnc5N)nc5ccc(-c6ccc(F)cc6)nc54)cc3)CC2)C(O)(O)O)n1. The number of aromatic nitrogens is 6. The number of piperidine rings is 1. The summed E-state index contributed by atoms with van der Waals surface area (Å²) < 4.78 is 15.4. The van der Waals surface area contributed by atoms with Gasteiger partial charge in [-0.15, -0.1) is 0 Å². The smallest absolute Gasteiger partial charge is 0.371 e. The number of pyridine rings is 2. The van der Waals surface area contributed by atoms with Gasteiger partial charge in [0.25, 0.3) is 5.91 Å². The molecule has 5 heterocycles. The summed E-state index contributed by atoms with van der Waals surface area (Å²) in [5.41, 5.74) is 9.88. The van der Waals surface area contributed by atoms with E-state index in [-0.39, 0.29) is 54.8 Å². The molecule has 2 aromatic carbocycles. The van der Waals surface area contributed by atoms with E-state index in [4.69, 9.17) is 15.7 Å². The van der Waals surface area contributed by atoms with Crippen molar-refractivity contribution in [2.45, 2.75) is 30.9 Å². The van der Waals surface area contributed by atoms with Crippen LogP contribution in [0.5, 0.6) is 0 Å². The van der Waals surface area contributed by atoms with Gasteiger partial charge in [-0.05, 0) is 79.6 Å². The number of nitrogens with two attached hydrogens (primary N) is 1. The fourth-order valence-corrected chi connectivity index (χ4v) is 6.35. The third-order valence-electron chi connectivity index (χ3n) is 8.82. The van der Waals surface area contributed by atoms with Crippen molar-refractivity contribution in [1.29, 1.82) is 5.26 Å². The predicted molar refractivity (Wildman–Crippen MR) is 181 cm³/mol. The van der Waals surface area contributed by atoms with Crippen LogP contribution in [0.1, 0.15) is 24.2 Å². The Labute approximate surface area is 289 Å². The lowest BCUT2D eigenvalue weighted by Crippen LogP contribution is -2.59. The van der Waals surface area contributed by atoms with E-state index in [2.05, 4.69) is 15.0 Å². The molecule has 0 bridgehead atoms. The Bertz CT molecular complexity index is 2240. The van der Waals surface area contributed by atoms with Crippen molar-refractivity contribution in [2.75, 3.05) is 23.7 Å².